The lowest BCUT2D eigenvalue weighted by Crippen LogP contribution is -2.63. The number of primary amides is 1. The van der Waals surface area contributed by atoms with Crippen molar-refractivity contribution in [2.45, 2.75) is 117 Å². The van der Waals surface area contributed by atoms with Gasteiger partial charge < -0.3 is 31.3 Å². The normalized spacial score (nSPS) is 27.7. The van der Waals surface area contributed by atoms with Gasteiger partial charge in [-0.2, -0.15) is 0 Å². The lowest BCUT2D eigenvalue weighted by Gasteiger charge is -2.43. The molecule has 1 saturated heterocycles. The van der Waals surface area contributed by atoms with Crippen LogP contribution in [0.1, 0.15) is 92.4 Å². The van der Waals surface area contributed by atoms with Gasteiger partial charge in [0.25, 0.3) is 5.91 Å². The Kier molecular flexibility index (Phi) is 10.1. The summed E-state index contributed by atoms with van der Waals surface area (Å²) >= 11 is 0. The van der Waals surface area contributed by atoms with Gasteiger partial charge in [0.2, 0.25) is 17.6 Å². The third-order valence-corrected chi connectivity index (χ3v) is 11.1. The van der Waals surface area contributed by atoms with Gasteiger partial charge in [-0.1, -0.05) is 73.1 Å². The fourth-order valence-electron chi connectivity index (χ4n) is 7.80. The van der Waals surface area contributed by atoms with Crippen molar-refractivity contribution in [3.8, 4) is 0 Å². The number of nitrogens with zero attached hydrogens (tertiary/aromatic N) is 1. The summed E-state index contributed by atoms with van der Waals surface area (Å²) in [5.74, 6) is -2.13. The zero-order chi connectivity index (χ0) is 31.7. The van der Waals surface area contributed by atoms with Gasteiger partial charge in [-0.15, -0.1) is 0 Å². The molecule has 11 heteroatoms. The molecular formula is C32H53N5O6. The Labute approximate surface area is 256 Å². The van der Waals surface area contributed by atoms with E-state index in [0.29, 0.717) is 19.6 Å². The standard InChI is InChI=1S/C32H53N5O6/c1-18(2)22(17-43-6)35-30(42)36-26(32(5)13-8-7-9-14-32)29(41)37-16-20-23(31(20,3)4)24(37)28(40)34-21(25(38)27(33)39)15-19-11-10-12-19/h18-24,26H,7-17H2,1-6H3,(H2,33,39)(H,34,40)(H2,35,36,42)/t20-,21?,22+,23-,24?,26?/m0/s1. The number of fused-ring (bicyclic) bond motifs is 1. The van der Waals surface area contributed by atoms with Crippen LogP contribution in [-0.4, -0.2) is 78.9 Å². The van der Waals surface area contributed by atoms with Crippen molar-refractivity contribution in [3.63, 3.8) is 0 Å². The summed E-state index contributed by atoms with van der Waals surface area (Å²) < 4.78 is 5.30. The molecule has 0 bridgehead atoms. The van der Waals surface area contributed by atoms with Crippen LogP contribution in [0.15, 0.2) is 0 Å². The number of ether oxygens (including phenoxy) is 1. The highest BCUT2D eigenvalue weighted by atomic mass is 16.5. The maximum absolute atomic E-state index is 14.5. The average molecular weight is 604 g/mol. The van der Waals surface area contributed by atoms with E-state index in [0.717, 1.165) is 51.4 Å². The van der Waals surface area contributed by atoms with Gasteiger partial charge in [0.15, 0.2) is 0 Å². The monoisotopic (exact) mass is 603 g/mol. The highest BCUT2D eigenvalue weighted by molar-refractivity contribution is 6.37. The van der Waals surface area contributed by atoms with E-state index < -0.39 is 47.2 Å². The van der Waals surface area contributed by atoms with Gasteiger partial charge in [0.05, 0.1) is 18.7 Å². The lowest BCUT2D eigenvalue weighted by molar-refractivity contribution is -0.146. The van der Waals surface area contributed by atoms with Crippen molar-refractivity contribution in [2.24, 2.45) is 40.2 Å². The quantitative estimate of drug-likeness (QED) is 0.237. The van der Waals surface area contributed by atoms with Crippen LogP contribution in [0.3, 0.4) is 0 Å². The van der Waals surface area contributed by atoms with E-state index in [-0.39, 0.29) is 41.0 Å². The number of urea groups is 1. The first kappa shape index (κ1) is 33.2. The summed E-state index contributed by atoms with van der Waals surface area (Å²) in [7, 11) is 1.59. The van der Waals surface area contributed by atoms with Crippen LogP contribution >= 0.6 is 0 Å². The molecule has 0 aromatic heterocycles. The zero-order valence-electron chi connectivity index (χ0n) is 26.9. The molecule has 5 N–H and O–H groups in total. The number of nitrogens with one attached hydrogen (secondary N) is 3. The average Bonchev–Trinajstić information content (AvgIpc) is 3.24. The highest BCUT2D eigenvalue weighted by Crippen LogP contribution is 2.65. The number of carbonyl (C=O) groups is 5. The van der Waals surface area contributed by atoms with Crippen LogP contribution in [0.4, 0.5) is 4.79 Å². The molecule has 0 radical (unpaired) electrons. The molecule has 5 amide bonds. The second-order valence-corrected chi connectivity index (χ2v) is 14.8. The number of hydrogen-bond donors (Lipinski definition) is 4. The summed E-state index contributed by atoms with van der Waals surface area (Å²) in [4.78, 5) is 68.1. The van der Waals surface area contributed by atoms with E-state index in [1.165, 1.54) is 0 Å². The second kappa shape index (κ2) is 13.1. The molecule has 1 aliphatic heterocycles. The van der Waals surface area contributed by atoms with Crippen LogP contribution in [0, 0.1) is 34.5 Å². The Hall–Kier alpha value is -2.69. The molecule has 6 atom stereocenters. The molecule has 3 saturated carbocycles. The molecule has 43 heavy (non-hydrogen) atoms. The first-order valence-electron chi connectivity index (χ1n) is 16.2. The number of hydrogen-bond acceptors (Lipinski definition) is 6. The number of methoxy groups -OCH3 is 1. The molecular weight excluding hydrogens is 550 g/mol. The minimum Gasteiger partial charge on any atom is -0.383 e. The summed E-state index contributed by atoms with van der Waals surface area (Å²) in [6.45, 7) is 11.0. The molecule has 11 nitrogen and oxygen atoms in total. The molecule has 1 heterocycles. The molecule has 4 fully saturated rings. The van der Waals surface area contributed by atoms with E-state index in [9.17, 15) is 24.0 Å². The third kappa shape index (κ3) is 7.02. The van der Waals surface area contributed by atoms with Crippen LogP contribution in [0.5, 0.6) is 0 Å². The maximum atomic E-state index is 14.5. The SMILES string of the molecule is COC[C@@H](NC(=O)NC(C(=O)N1C[C@H]2[C@@H](C1C(=O)NC(CC1CCC1)C(=O)C(N)=O)C2(C)C)C1(C)CCCCC1)C(C)C. The number of amides is 5. The van der Waals surface area contributed by atoms with Crippen molar-refractivity contribution >= 4 is 29.5 Å². The molecule has 3 unspecified atom stereocenters. The van der Waals surface area contributed by atoms with Crippen molar-refractivity contribution < 1.29 is 28.7 Å². The lowest BCUT2D eigenvalue weighted by atomic mass is 9.70. The number of Topliss-reactive ketones (excluding diaryl/α,β-unsaturated/α-hetero) is 1. The molecule has 0 aromatic rings. The van der Waals surface area contributed by atoms with E-state index in [1.54, 1.807) is 12.0 Å². The Bertz CT molecular complexity index is 1080. The van der Waals surface area contributed by atoms with Crippen LogP contribution < -0.4 is 21.7 Å². The van der Waals surface area contributed by atoms with Crippen molar-refractivity contribution in [2.75, 3.05) is 20.3 Å². The Balaban J connectivity index is 1.58. The van der Waals surface area contributed by atoms with Gasteiger partial charge in [0.1, 0.15) is 12.1 Å². The number of ketones is 1. The van der Waals surface area contributed by atoms with Crippen molar-refractivity contribution in [1.82, 2.24) is 20.9 Å². The predicted octanol–water partition coefficient (Wildman–Crippen LogP) is 2.51. The summed E-state index contributed by atoms with van der Waals surface area (Å²) in [6, 6.07) is -3.28. The van der Waals surface area contributed by atoms with E-state index >= 15 is 0 Å². The van der Waals surface area contributed by atoms with Crippen LogP contribution in [0.25, 0.3) is 0 Å². The highest BCUT2D eigenvalue weighted by Gasteiger charge is 2.70. The van der Waals surface area contributed by atoms with Gasteiger partial charge in [-0.3, -0.25) is 19.2 Å². The zero-order valence-corrected chi connectivity index (χ0v) is 26.9. The minimum absolute atomic E-state index is 0.0786. The summed E-state index contributed by atoms with van der Waals surface area (Å²) in [6.07, 6.45) is 7.89. The fourth-order valence-corrected chi connectivity index (χ4v) is 7.80. The third-order valence-electron chi connectivity index (χ3n) is 11.1. The smallest absolute Gasteiger partial charge is 0.315 e. The van der Waals surface area contributed by atoms with Crippen molar-refractivity contribution in [1.29, 1.82) is 0 Å². The molecule has 0 spiro atoms. The van der Waals surface area contributed by atoms with Gasteiger partial charge in [-0.25, -0.2) is 4.79 Å². The number of nitrogens with two attached hydrogens (primary N) is 1. The summed E-state index contributed by atoms with van der Waals surface area (Å²) in [5.41, 5.74) is 4.74. The van der Waals surface area contributed by atoms with E-state index in [1.807, 2.05) is 13.8 Å². The largest absolute Gasteiger partial charge is 0.383 e. The second-order valence-electron chi connectivity index (χ2n) is 14.8. The van der Waals surface area contributed by atoms with Gasteiger partial charge in [0, 0.05) is 13.7 Å². The predicted molar refractivity (Wildman–Crippen MR) is 162 cm³/mol. The summed E-state index contributed by atoms with van der Waals surface area (Å²) in [5, 5.41) is 8.86. The molecule has 3 aliphatic carbocycles. The fraction of sp³-hybridized carbons (Fsp3) is 0.844. The Morgan fingerprint density at radius 1 is 0.953 bits per heavy atom. The van der Waals surface area contributed by atoms with Crippen LogP contribution in [-0.2, 0) is 23.9 Å². The molecule has 4 aliphatic rings. The molecule has 242 valence electrons. The number of rotatable bonds is 13. The molecule has 4 rings (SSSR count). The number of piperidine rings is 1. The Morgan fingerprint density at radius 2 is 1.60 bits per heavy atom. The molecule has 0 aromatic carbocycles. The van der Waals surface area contributed by atoms with E-state index in [4.69, 9.17) is 10.5 Å². The number of carbonyl (C=O) groups excluding carboxylic acids is 5. The van der Waals surface area contributed by atoms with Gasteiger partial charge in [-0.05, 0) is 53.8 Å². The first-order chi connectivity index (χ1) is 20.2. The minimum atomic E-state index is -1.07. The first-order valence-corrected chi connectivity index (χ1v) is 16.2. The Morgan fingerprint density at radius 3 is 2.14 bits per heavy atom. The maximum Gasteiger partial charge on any atom is 0.315 e. The van der Waals surface area contributed by atoms with Crippen LogP contribution in [0.2, 0.25) is 0 Å². The van der Waals surface area contributed by atoms with Gasteiger partial charge >= 0.3 is 6.03 Å². The number of likely N-dealkylation sites (tertiary alicyclic amines) is 1. The topological polar surface area (TPSA) is 160 Å². The van der Waals surface area contributed by atoms with E-state index in [2.05, 4.69) is 36.7 Å². The van der Waals surface area contributed by atoms with Crippen molar-refractivity contribution in [3.05, 3.63) is 0 Å².